The number of nitrogens with zero attached hydrogens (tertiary/aromatic N) is 3. The molecule has 0 amide bonds. The molecule has 7 nitrogen and oxygen atoms in total. The quantitative estimate of drug-likeness (QED) is 0.671. The molecule has 0 spiro atoms. The van der Waals surface area contributed by atoms with E-state index in [1.165, 1.54) is 0 Å². The van der Waals surface area contributed by atoms with Crippen molar-refractivity contribution in [2.45, 2.75) is 26.2 Å². The minimum absolute atomic E-state index is 0.209. The molecule has 1 fully saturated rings. The number of aliphatic carboxylic acids is 1. The number of aromatic nitrogens is 2. The van der Waals surface area contributed by atoms with Crippen molar-refractivity contribution < 1.29 is 9.90 Å². The largest absolute Gasteiger partial charge is 0.481 e. The van der Waals surface area contributed by atoms with Crippen molar-refractivity contribution in [1.29, 1.82) is 0 Å². The second-order valence-corrected chi connectivity index (χ2v) is 5.02. The van der Waals surface area contributed by atoms with Crippen LogP contribution in [0.2, 0.25) is 0 Å². The van der Waals surface area contributed by atoms with Crippen LogP contribution in [0.25, 0.3) is 0 Å². The molecule has 1 aromatic rings. The zero-order valence-electron chi connectivity index (χ0n) is 11.7. The van der Waals surface area contributed by atoms with Gasteiger partial charge in [0.25, 0.3) is 0 Å². The van der Waals surface area contributed by atoms with Crippen LogP contribution in [-0.2, 0) is 4.79 Å². The summed E-state index contributed by atoms with van der Waals surface area (Å²) in [5.74, 6) is 0.513. The predicted molar refractivity (Wildman–Crippen MR) is 77.8 cm³/mol. The van der Waals surface area contributed by atoms with E-state index in [2.05, 4.69) is 22.2 Å². The highest BCUT2D eigenvalue weighted by molar-refractivity contribution is 5.72. The number of hydrogen-bond acceptors (Lipinski definition) is 6. The second-order valence-electron chi connectivity index (χ2n) is 5.02. The van der Waals surface area contributed by atoms with Crippen LogP contribution < -0.4 is 16.0 Å². The van der Waals surface area contributed by atoms with Crippen LogP contribution in [0.1, 0.15) is 26.2 Å². The lowest BCUT2D eigenvalue weighted by molar-refractivity contribution is -0.140. The highest BCUT2D eigenvalue weighted by Gasteiger charge is 2.29. The van der Waals surface area contributed by atoms with Gasteiger partial charge in [0.15, 0.2) is 0 Å². The summed E-state index contributed by atoms with van der Waals surface area (Å²) in [6.45, 7) is 4.11. The number of hydrogen-bond donors (Lipinski definition) is 3. The van der Waals surface area contributed by atoms with E-state index >= 15 is 0 Å². The SMILES string of the molecule is CCCCNc1cc(N2CCC(C(=O)O)C2)nc(N)n1. The molecule has 1 atom stereocenters. The van der Waals surface area contributed by atoms with Gasteiger partial charge in [-0.1, -0.05) is 13.3 Å². The van der Waals surface area contributed by atoms with E-state index in [9.17, 15) is 4.79 Å². The number of rotatable bonds is 6. The molecule has 110 valence electrons. The van der Waals surface area contributed by atoms with E-state index in [0.717, 1.165) is 19.4 Å². The van der Waals surface area contributed by atoms with Crippen LogP contribution in [0.4, 0.5) is 17.6 Å². The maximum atomic E-state index is 11.0. The number of nitrogens with two attached hydrogens (primary N) is 1. The molecule has 0 aliphatic carbocycles. The van der Waals surface area contributed by atoms with E-state index in [1.54, 1.807) is 0 Å². The molecule has 0 radical (unpaired) electrons. The average molecular weight is 279 g/mol. The summed E-state index contributed by atoms with van der Waals surface area (Å²) in [5, 5.41) is 12.2. The number of carboxylic acids is 1. The Morgan fingerprint density at radius 3 is 3.05 bits per heavy atom. The predicted octanol–water partition coefficient (Wildman–Crippen LogP) is 1.18. The zero-order valence-corrected chi connectivity index (χ0v) is 11.7. The minimum Gasteiger partial charge on any atom is -0.481 e. The van der Waals surface area contributed by atoms with Crippen molar-refractivity contribution in [3.63, 3.8) is 0 Å². The summed E-state index contributed by atoms with van der Waals surface area (Å²) < 4.78 is 0. The van der Waals surface area contributed by atoms with Gasteiger partial charge in [-0.25, -0.2) is 0 Å². The summed E-state index contributed by atoms with van der Waals surface area (Å²) in [7, 11) is 0. The van der Waals surface area contributed by atoms with Crippen LogP contribution in [-0.4, -0.2) is 40.7 Å². The summed E-state index contributed by atoms with van der Waals surface area (Å²) in [4.78, 5) is 21.3. The fourth-order valence-corrected chi connectivity index (χ4v) is 2.27. The van der Waals surface area contributed by atoms with E-state index < -0.39 is 5.97 Å². The molecule has 1 aromatic heterocycles. The molecule has 7 heteroatoms. The minimum atomic E-state index is -0.754. The van der Waals surface area contributed by atoms with Crippen LogP contribution in [0.3, 0.4) is 0 Å². The van der Waals surface area contributed by atoms with Gasteiger partial charge in [0, 0.05) is 25.7 Å². The normalized spacial score (nSPS) is 18.2. The highest BCUT2D eigenvalue weighted by atomic mass is 16.4. The van der Waals surface area contributed by atoms with E-state index in [0.29, 0.717) is 31.1 Å². The van der Waals surface area contributed by atoms with Gasteiger partial charge in [0.05, 0.1) is 5.92 Å². The molecule has 20 heavy (non-hydrogen) atoms. The third-order valence-electron chi connectivity index (χ3n) is 3.43. The lowest BCUT2D eigenvalue weighted by Gasteiger charge is -2.18. The molecule has 2 rings (SSSR count). The molecule has 0 bridgehead atoms. The number of anilines is 3. The first kappa shape index (κ1) is 14.4. The van der Waals surface area contributed by atoms with Gasteiger partial charge in [0.2, 0.25) is 5.95 Å². The van der Waals surface area contributed by atoms with Crippen molar-refractivity contribution in [1.82, 2.24) is 9.97 Å². The van der Waals surface area contributed by atoms with Gasteiger partial charge in [0.1, 0.15) is 11.6 Å². The monoisotopic (exact) mass is 279 g/mol. The Balaban J connectivity index is 2.06. The average Bonchev–Trinajstić information content (AvgIpc) is 2.88. The summed E-state index contributed by atoms with van der Waals surface area (Å²) in [6, 6.07) is 1.83. The number of unbranched alkanes of at least 4 members (excludes halogenated alkanes) is 1. The Hall–Kier alpha value is -2.05. The van der Waals surface area contributed by atoms with Crippen molar-refractivity contribution in [2.24, 2.45) is 5.92 Å². The molecule has 1 unspecified atom stereocenters. The Bertz CT molecular complexity index is 480. The van der Waals surface area contributed by atoms with Crippen LogP contribution >= 0.6 is 0 Å². The molecule has 1 saturated heterocycles. The molecule has 1 aliphatic heterocycles. The lowest BCUT2D eigenvalue weighted by Crippen LogP contribution is -2.24. The standard InChI is InChI=1S/C13H21N5O2/c1-2-3-5-15-10-7-11(17-13(14)16-10)18-6-4-9(8-18)12(19)20/h7,9H,2-6,8H2,1H3,(H,19,20)(H3,14,15,16,17). The summed E-state index contributed by atoms with van der Waals surface area (Å²) in [5.41, 5.74) is 5.72. The number of nitrogens with one attached hydrogen (secondary N) is 1. The first-order valence-corrected chi connectivity index (χ1v) is 6.96. The van der Waals surface area contributed by atoms with E-state index in [4.69, 9.17) is 10.8 Å². The van der Waals surface area contributed by atoms with Gasteiger partial charge in [-0.15, -0.1) is 0 Å². The summed E-state index contributed by atoms with van der Waals surface area (Å²) >= 11 is 0. The maximum Gasteiger partial charge on any atom is 0.308 e. The topological polar surface area (TPSA) is 104 Å². The van der Waals surface area contributed by atoms with Crippen LogP contribution in [0, 0.1) is 5.92 Å². The Labute approximate surface area is 118 Å². The molecule has 0 aromatic carbocycles. The molecule has 2 heterocycles. The third kappa shape index (κ3) is 3.49. The third-order valence-corrected chi connectivity index (χ3v) is 3.43. The van der Waals surface area contributed by atoms with Gasteiger partial charge in [-0.05, 0) is 12.8 Å². The Kier molecular flexibility index (Phi) is 4.60. The first-order valence-electron chi connectivity index (χ1n) is 6.96. The maximum absolute atomic E-state index is 11.0. The van der Waals surface area contributed by atoms with Gasteiger partial charge < -0.3 is 21.1 Å². The first-order chi connectivity index (χ1) is 9.60. The van der Waals surface area contributed by atoms with Crippen molar-refractivity contribution >= 4 is 23.6 Å². The lowest BCUT2D eigenvalue weighted by atomic mass is 10.1. The van der Waals surface area contributed by atoms with Crippen LogP contribution in [0.5, 0.6) is 0 Å². The fraction of sp³-hybridized carbons (Fsp3) is 0.615. The number of carbonyl (C=O) groups is 1. The fourth-order valence-electron chi connectivity index (χ4n) is 2.27. The Morgan fingerprint density at radius 1 is 1.60 bits per heavy atom. The van der Waals surface area contributed by atoms with E-state index in [1.807, 2.05) is 11.0 Å². The molecular weight excluding hydrogens is 258 g/mol. The second kappa shape index (κ2) is 6.40. The van der Waals surface area contributed by atoms with E-state index in [-0.39, 0.29) is 11.9 Å². The molecule has 1 aliphatic rings. The molecule has 0 saturated carbocycles. The highest BCUT2D eigenvalue weighted by Crippen LogP contribution is 2.24. The Morgan fingerprint density at radius 2 is 2.40 bits per heavy atom. The van der Waals surface area contributed by atoms with Crippen molar-refractivity contribution in [3.8, 4) is 0 Å². The van der Waals surface area contributed by atoms with Crippen LogP contribution in [0.15, 0.2) is 6.07 Å². The van der Waals surface area contributed by atoms with Crippen molar-refractivity contribution in [2.75, 3.05) is 35.6 Å². The van der Waals surface area contributed by atoms with Gasteiger partial charge >= 0.3 is 5.97 Å². The van der Waals surface area contributed by atoms with Gasteiger partial charge in [-0.2, -0.15) is 9.97 Å². The smallest absolute Gasteiger partial charge is 0.308 e. The van der Waals surface area contributed by atoms with Gasteiger partial charge in [-0.3, -0.25) is 4.79 Å². The zero-order chi connectivity index (χ0) is 14.5. The molecular formula is C13H21N5O2. The van der Waals surface area contributed by atoms with Crippen molar-refractivity contribution in [3.05, 3.63) is 6.07 Å². The number of carboxylic acid groups (broad SMARTS) is 1. The summed E-state index contributed by atoms with van der Waals surface area (Å²) in [6.07, 6.45) is 2.80. The molecule has 4 N–H and O–H groups in total. The number of nitrogen functional groups attached to an aromatic ring is 1.